The van der Waals surface area contributed by atoms with Crippen molar-refractivity contribution in [3.05, 3.63) is 70.8 Å². The fourth-order valence-electron chi connectivity index (χ4n) is 2.01. The van der Waals surface area contributed by atoms with Gasteiger partial charge in [0.05, 0.1) is 6.20 Å². The average Bonchev–Trinajstić information content (AvgIpc) is 3.20. The van der Waals surface area contributed by atoms with Crippen molar-refractivity contribution in [2.75, 3.05) is 6.54 Å². The van der Waals surface area contributed by atoms with Gasteiger partial charge in [-0.05, 0) is 71.0 Å². The largest absolute Gasteiger partial charge is 0.380 e. The van der Waals surface area contributed by atoms with Crippen molar-refractivity contribution in [3.8, 4) is 59.3 Å². The van der Waals surface area contributed by atoms with Crippen molar-refractivity contribution >= 4 is 5.91 Å². The van der Waals surface area contributed by atoms with E-state index in [0.717, 1.165) is 19.4 Å². The van der Waals surface area contributed by atoms with Crippen LogP contribution in [-0.4, -0.2) is 23.4 Å². The fraction of sp³-hybridized carbons (Fsp3) is 0.179. The maximum absolute atomic E-state index is 10.6. The van der Waals surface area contributed by atoms with Crippen LogP contribution in [0.1, 0.15) is 19.8 Å². The van der Waals surface area contributed by atoms with E-state index in [1.165, 1.54) is 6.92 Å². The molecular weight excluding hydrogens is 380 g/mol. The van der Waals surface area contributed by atoms with E-state index in [2.05, 4.69) is 121 Å². The minimum atomic E-state index is -0.243. The summed E-state index contributed by atoms with van der Waals surface area (Å²) in [4.78, 5) is 12.7. The van der Waals surface area contributed by atoms with Crippen LogP contribution in [0.2, 0.25) is 0 Å². The third kappa shape index (κ3) is 13.5. The number of nitrogens with zero attached hydrogens (tertiary/aromatic N) is 1. The Hall–Kier alpha value is -5.30. The van der Waals surface area contributed by atoms with Crippen LogP contribution in [0, 0.1) is 72.3 Å². The van der Waals surface area contributed by atoms with Crippen molar-refractivity contribution in [1.82, 2.24) is 10.2 Å². The molecule has 1 atom stereocenters. The Labute approximate surface area is 183 Å². The molecule has 31 heavy (non-hydrogen) atoms. The highest BCUT2D eigenvalue weighted by Crippen LogP contribution is 2.18. The summed E-state index contributed by atoms with van der Waals surface area (Å²) >= 11 is 0. The predicted octanol–water partition coefficient (Wildman–Crippen LogP) is 2.11. The molecule has 0 saturated carbocycles. The molecule has 0 bridgehead atoms. The zero-order valence-corrected chi connectivity index (χ0v) is 16.8. The van der Waals surface area contributed by atoms with E-state index in [1.54, 1.807) is 6.20 Å². The third-order valence-electron chi connectivity index (χ3n) is 3.18. The van der Waals surface area contributed by atoms with Crippen molar-refractivity contribution in [1.29, 1.82) is 0 Å². The SMILES string of the molecule is [CH-]=C=C=C=C=C=C=C=C=C=CN1CCCC1[CH-]C#CC#CC#CC#CC#CNC(C)=O. The van der Waals surface area contributed by atoms with Crippen LogP contribution >= 0.6 is 0 Å². The molecule has 0 aromatic carbocycles. The van der Waals surface area contributed by atoms with Crippen LogP contribution in [0.25, 0.3) is 0 Å². The van der Waals surface area contributed by atoms with E-state index in [4.69, 9.17) is 6.58 Å². The van der Waals surface area contributed by atoms with Crippen LogP contribution in [0.5, 0.6) is 0 Å². The number of hydrogen-bond donors (Lipinski definition) is 1. The van der Waals surface area contributed by atoms with Crippen molar-refractivity contribution < 1.29 is 4.79 Å². The van der Waals surface area contributed by atoms with E-state index in [9.17, 15) is 4.79 Å². The molecule has 3 heteroatoms. The summed E-state index contributed by atoms with van der Waals surface area (Å²) in [5.74, 6) is 23.1. The van der Waals surface area contributed by atoms with E-state index in [0.29, 0.717) is 0 Å². The molecule has 0 aliphatic carbocycles. The van der Waals surface area contributed by atoms with Crippen molar-refractivity contribution in [2.24, 2.45) is 0 Å². The lowest BCUT2D eigenvalue weighted by Crippen LogP contribution is -2.23. The van der Waals surface area contributed by atoms with Crippen molar-refractivity contribution in [2.45, 2.75) is 25.8 Å². The first-order valence-corrected chi connectivity index (χ1v) is 8.89. The van der Waals surface area contributed by atoms with Gasteiger partial charge in [-0.2, -0.15) is 6.42 Å². The van der Waals surface area contributed by atoms with Gasteiger partial charge in [-0.15, -0.1) is 11.7 Å². The van der Waals surface area contributed by atoms with Crippen LogP contribution in [0.4, 0.5) is 0 Å². The van der Waals surface area contributed by atoms with Gasteiger partial charge < -0.3 is 4.90 Å². The molecule has 144 valence electrons. The molecule has 1 fully saturated rings. The number of likely N-dealkylation sites (tertiary alicyclic amines) is 1. The molecule has 0 aromatic heterocycles. The normalized spacial score (nSPS) is 11.0. The summed E-state index contributed by atoms with van der Waals surface area (Å²) in [6.07, 6.45) is 5.76. The van der Waals surface area contributed by atoms with Crippen LogP contribution in [0.15, 0.2) is 57.8 Å². The van der Waals surface area contributed by atoms with E-state index in [1.807, 2.05) is 6.42 Å². The summed E-state index contributed by atoms with van der Waals surface area (Å²) in [6, 6.07) is 2.56. The minimum Gasteiger partial charge on any atom is -0.380 e. The quantitative estimate of drug-likeness (QED) is 0.337. The summed E-state index contributed by atoms with van der Waals surface area (Å²) in [5.41, 5.74) is 22.9. The molecule has 1 amide bonds. The molecule has 1 saturated heterocycles. The van der Waals surface area contributed by atoms with Gasteiger partial charge in [-0.3, -0.25) is 21.8 Å². The fourth-order valence-corrected chi connectivity index (χ4v) is 2.01. The third-order valence-corrected chi connectivity index (χ3v) is 3.18. The molecule has 3 nitrogen and oxygen atoms in total. The minimum absolute atomic E-state index is 0.189. The first-order chi connectivity index (χ1) is 15.2. The van der Waals surface area contributed by atoms with Gasteiger partial charge in [0, 0.05) is 37.3 Å². The first-order valence-electron chi connectivity index (χ1n) is 8.89. The van der Waals surface area contributed by atoms with Crippen LogP contribution < -0.4 is 5.32 Å². The van der Waals surface area contributed by atoms with Crippen LogP contribution in [-0.2, 0) is 4.79 Å². The highest BCUT2D eigenvalue weighted by atomic mass is 16.1. The molecule has 1 aliphatic heterocycles. The molecule has 1 heterocycles. The Balaban J connectivity index is 2.62. The molecule has 1 rings (SSSR count). The second kappa shape index (κ2) is 16.8. The van der Waals surface area contributed by atoms with Gasteiger partial charge >= 0.3 is 0 Å². The van der Waals surface area contributed by atoms with Gasteiger partial charge in [0.15, 0.2) is 0 Å². The van der Waals surface area contributed by atoms with E-state index < -0.39 is 0 Å². The zero-order chi connectivity index (χ0) is 22.4. The highest BCUT2D eigenvalue weighted by molar-refractivity contribution is 5.74. The lowest BCUT2D eigenvalue weighted by molar-refractivity contribution is -0.117. The predicted molar refractivity (Wildman–Crippen MR) is 117 cm³/mol. The smallest absolute Gasteiger partial charge is 0.228 e. The summed E-state index contributed by atoms with van der Waals surface area (Å²) in [6.45, 7) is 7.24. The molecule has 0 spiro atoms. The number of rotatable bonds is 2. The zero-order valence-electron chi connectivity index (χ0n) is 16.8. The van der Waals surface area contributed by atoms with Gasteiger partial charge in [0.1, 0.15) is 0 Å². The van der Waals surface area contributed by atoms with Gasteiger partial charge in [-0.1, -0.05) is 0 Å². The second-order valence-corrected chi connectivity index (χ2v) is 5.36. The molecule has 1 unspecified atom stereocenters. The standard InChI is InChI=1S/C28H14N2O/c1-3-4-5-6-7-11-14-17-20-25-30-26-21-23-28(30)22-18-15-12-9-8-10-13-16-19-24-29-27(2)31/h1,22,25,28H,21,23,26H2,2H3,(H,29,31)/q-2. The average molecular weight is 394 g/mol. The number of hydrogen-bond acceptors (Lipinski definition) is 2. The Kier molecular flexibility index (Phi) is 12.9. The Bertz CT molecular complexity index is 1360. The van der Waals surface area contributed by atoms with Crippen molar-refractivity contribution in [3.63, 3.8) is 0 Å². The molecular formula is C28H14N2O-2. The maximum Gasteiger partial charge on any atom is 0.228 e. The van der Waals surface area contributed by atoms with Crippen LogP contribution in [0.3, 0.4) is 0 Å². The summed E-state index contributed by atoms with van der Waals surface area (Å²) in [7, 11) is 0. The molecule has 0 radical (unpaired) electrons. The Morgan fingerprint density at radius 1 is 0.935 bits per heavy atom. The Morgan fingerprint density at radius 2 is 1.55 bits per heavy atom. The van der Waals surface area contributed by atoms with Gasteiger partial charge in [0.25, 0.3) is 0 Å². The van der Waals surface area contributed by atoms with Gasteiger partial charge in [-0.25, -0.2) is 18.2 Å². The number of carbonyl (C=O) groups is 1. The molecule has 1 N–H and O–H groups in total. The Morgan fingerprint density at radius 3 is 2.23 bits per heavy atom. The van der Waals surface area contributed by atoms with Gasteiger partial charge in [0.2, 0.25) is 5.91 Å². The van der Waals surface area contributed by atoms with E-state index >= 15 is 0 Å². The maximum atomic E-state index is 10.6. The monoisotopic (exact) mass is 394 g/mol. The lowest BCUT2D eigenvalue weighted by Gasteiger charge is -2.23. The molecule has 0 aromatic rings. The number of nitrogens with one attached hydrogen (secondary N) is 1. The lowest BCUT2D eigenvalue weighted by atomic mass is 10.1. The number of carbonyl (C=O) groups excluding carboxylic acids is 1. The summed E-state index contributed by atoms with van der Waals surface area (Å²) in [5, 5.41) is 2.29. The number of amides is 1. The first kappa shape index (κ1) is 23.7. The second-order valence-electron chi connectivity index (χ2n) is 5.36. The van der Waals surface area contributed by atoms with E-state index in [-0.39, 0.29) is 11.9 Å². The molecule has 1 aliphatic rings. The highest BCUT2D eigenvalue weighted by Gasteiger charge is 2.16. The summed E-state index contributed by atoms with van der Waals surface area (Å²) < 4.78 is 0. The topological polar surface area (TPSA) is 32.3 Å².